The van der Waals surface area contributed by atoms with E-state index in [1.807, 2.05) is 6.07 Å². The molecular formula is C23H30F2N4O2. The van der Waals surface area contributed by atoms with Crippen LogP contribution in [0.1, 0.15) is 67.6 Å². The van der Waals surface area contributed by atoms with Crippen molar-refractivity contribution in [3.05, 3.63) is 47.2 Å². The van der Waals surface area contributed by atoms with E-state index in [4.69, 9.17) is 5.11 Å². The Morgan fingerprint density at radius 1 is 1.29 bits per heavy atom. The molecule has 0 aromatic carbocycles. The molecule has 2 aromatic rings. The van der Waals surface area contributed by atoms with E-state index >= 15 is 0 Å². The number of alkyl halides is 2. The number of aromatic nitrogens is 3. The molecule has 0 saturated heterocycles. The van der Waals surface area contributed by atoms with Gasteiger partial charge in [0.15, 0.2) is 0 Å². The second kappa shape index (κ2) is 10.1. The summed E-state index contributed by atoms with van der Waals surface area (Å²) in [6.07, 6.45) is 4.32. The molecule has 0 spiro atoms. The summed E-state index contributed by atoms with van der Waals surface area (Å²) in [4.78, 5) is 23.8. The van der Waals surface area contributed by atoms with Gasteiger partial charge in [0, 0.05) is 43.4 Å². The van der Waals surface area contributed by atoms with E-state index in [-0.39, 0.29) is 12.8 Å². The third-order valence-electron chi connectivity index (χ3n) is 5.69. The summed E-state index contributed by atoms with van der Waals surface area (Å²) in [5, 5.41) is 12.5. The van der Waals surface area contributed by atoms with Gasteiger partial charge in [-0.1, -0.05) is 13.0 Å². The molecule has 0 fully saturated rings. The van der Waals surface area contributed by atoms with Gasteiger partial charge in [-0.15, -0.1) is 0 Å². The van der Waals surface area contributed by atoms with Gasteiger partial charge in [-0.25, -0.2) is 23.7 Å². The fourth-order valence-electron chi connectivity index (χ4n) is 3.99. The number of anilines is 1. The van der Waals surface area contributed by atoms with E-state index in [1.54, 1.807) is 6.92 Å². The maximum atomic E-state index is 14.6. The van der Waals surface area contributed by atoms with Gasteiger partial charge in [-0.05, 0) is 55.7 Å². The molecule has 0 radical (unpaired) electrons. The van der Waals surface area contributed by atoms with Crippen molar-refractivity contribution in [2.45, 2.75) is 70.6 Å². The van der Waals surface area contributed by atoms with E-state index in [0.29, 0.717) is 36.6 Å². The van der Waals surface area contributed by atoms with Gasteiger partial charge in [0.25, 0.3) is 0 Å². The minimum Gasteiger partial charge on any atom is -0.481 e. The molecule has 6 nitrogen and oxygen atoms in total. The van der Waals surface area contributed by atoms with Crippen LogP contribution in [0.25, 0.3) is 0 Å². The minimum atomic E-state index is -2.95. The summed E-state index contributed by atoms with van der Waals surface area (Å²) < 4.78 is 29.2. The number of unbranched alkanes of at least 4 members (excludes halogenated alkanes) is 1. The predicted octanol–water partition coefficient (Wildman–Crippen LogP) is 4.78. The quantitative estimate of drug-likeness (QED) is 0.525. The fraction of sp³-hybridized carbons (Fsp3) is 0.565. The molecule has 168 valence electrons. The van der Waals surface area contributed by atoms with Crippen LogP contribution in [0.5, 0.6) is 0 Å². The maximum Gasteiger partial charge on any atom is 0.303 e. The Labute approximate surface area is 181 Å². The first kappa shape index (κ1) is 23.0. The number of halogens is 2. The van der Waals surface area contributed by atoms with Crippen molar-refractivity contribution in [2.24, 2.45) is 5.92 Å². The largest absolute Gasteiger partial charge is 0.481 e. The van der Waals surface area contributed by atoms with Crippen LogP contribution >= 0.6 is 0 Å². The molecule has 0 aliphatic carbocycles. The predicted molar refractivity (Wildman–Crippen MR) is 114 cm³/mol. The highest BCUT2D eigenvalue weighted by Gasteiger charge is 2.34. The number of aryl methyl sites for hydroxylation is 2. The molecular weight excluding hydrogens is 402 g/mol. The molecule has 2 atom stereocenters. The number of pyridine rings is 1. The van der Waals surface area contributed by atoms with Gasteiger partial charge in [0.05, 0.1) is 6.42 Å². The SMILES string of the molecule is Cc1ncc([C@@H](CC(=O)O)CC(F)(F)CCCCc2ccc3c(n2)NCC(C)C3)cn1. The number of nitrogens with one attached hydrogen (secondary N) is 1. The Bertz CT molecular complexity index is 890. The maximum absolute atomic E-state index is 14.6. The van der Waals surface area contributed by atoms with Crippen molar-refractivity contribution in [3.8, 4) is 0 Å². The van der Waals surface area contributed by atoms with Gasteiger partial charge in [0.2, 0.25) is 5.92 Å². The minimum absolute atomic E-state index is 0.281. The lowest BCUT2D eigenvalue weighted by Gasteiger charge is -2.23. The number of rotatable bonds is 10. The van der Waals surface area contributed by atoms with Crippen LogP contribution in [0.15, 0.2) is 24.5 Å². The second-order valence-electron chi connectivity index (χ2n) is 8.63. The van der Waals surface area contributed by atoms with E-state index in [1.165, 1.54) is 18.0 Å². The molecule has 1 unspecified atom stereocenters. The van der Waals surface area contributed by atoms with Gasteiger partial charge < -0.3 is 10.4 Å². The summed E-state index contributed by atoms with van der Waals surface area (Å²) in [6, 6.07) is 4.06. The topological polar surface area (TPSA) is 88.0 Å². The summed E-state index contributed by atoms with van der Waals surface area (Å²) in [5.74, 6) is -2.86. The van der Waals surface area contributed by atoms with Crippen molar-refractivity contribution in [3.63, 3.8) is 0 Å². The van der Waals surface area contributed by atoms with Crippen LogP contribution in [0.4, 0.5) is 14.6 Å². The number of hydrogen-bond acceptors (Lipinski definition) is 5. The van der Waals surface area contributed by atoms with Crippen molar-refractivity contribution >= 4 is 11.8 Å². The molecule has 0 amide bonds. The van der Waals surface area contributed by atoms with Crippen molar-refractivity contribution < 1.29 is 18.7 Å². The molecule has 2 N–H and O–H groups in total. The molecule has 31 heavy (non-hydrogen) atoms. The molecule has 1 aliphatic heterocycles. The zero-order chi connectivity index (χ0) is 22.4. The zero-order valence-electron chi connectivity index (χ0n) is 18.1. The fourth-order valence-corrected chi connectivity index (χ4v) is 3.99. The zero-order valence-corrected chi connectivity index (χ0v) is 18.1. The Hall–Kier alpha value is -2.64. The average Bonchev–Trinajstić information content (AvgIpc) is 2.71. The monoisotopic (exact) mass is 432 g/mol. The standard InChI is InChI=1S/C23H30F2N4O2/c1-15-9-17-6-7-20(29-22(17)28-12-15)5-3-4-8-23(24,25)11-18(10-21(30)31)19-13-26-16(2)27-14-19/h6-7,13-15,18H,3-5,8-12H2,1-2H3,(H,28,29)(H,30,31)/t15?,18-/m0/s1. The van der Waals surface area contributed by atoms with E-state index < -0.39 is 24.2 Å². The first-order valence-corrected chi connectivity index (χ1v) is 10.8. The summed E-state index contributed by atoms with van der Waals surface area (Å²) >= 11 is 0. The molecule has 2 aromatic heterocycles. The van der Waals surface area contributed by atoms with Gasteiger partial charge in [-0.2, -0.15) is 0 Å². The Morgan fingerprint density at radius 3 is 2.74 bits per heavy atom. The lowest BCUT2D eigenvalue weighted by atomic mass is 9.89. The molecule has 1 aliphatic rings. The van der Waals surface area contributed by atoms with Gasteiger partial charge in [-0.3, -0.25) is 4.79 Å². The molecule has 3 heterocycles. The van der Waals surface area contributed by atoms with Gasteiger partial charge >= 0.3 is 5.97 Å². The highest BCUT2D eigenvalue weighted by atomic mass is 19.3. The number of hydrogen-bond donors (Lipinski definition) is 2. The molecule has 3 rings (SSSR count). The third-order valence-corrected chi connectivity index (χ3v) is 5.69. The van der Waals surface area contributed by atoms with Crippen LogP contribution in [-0.2, 0) is 17.6 Å². The van der Waals surface area contributed by atoms with E-state index in [9.17, 15) is 13.6 Å². The van der Waals surface area contributed by atoms with Crippen molar-refractivity contribution in [2.75, 3.05) is 11.9 Å². The second-order valence-corrected chi connectivity index (χ2v) is 8.63. The number of carbonyl (C=O) groups is 1. The van der Waals surface area contributed by atoms with Crippen LogP contribution in [0, 0.1) is 12.8 Å². The third kappa shape index (κ3) is 6.94. The van der Waals surface area contributed by atoms with Crippen molar-refractivity contribution in [1.82, 2.24) is 15.0 Å². The van der Waals surface area contributed by atoms with Crippen LogP contribution in [0.3, 0.4) is 0 Å². The number of fused-ring (bicyclic) bond motifs is 1. The molecule has 0 bridgehead atoms. The number of aliphatic carboxylic acids is 1. The number of carboxylic acids is 1. The summed E-state index contributed by atoms with van der Waals surface area (Å²) in [5.41, 5.74) is 2.55. The Balaban J connectivity index is 1.51. The lowest BCUT2D eigenvalue weighted by Crippen LogP contribution is -2.22. The summed E-state index contributed by atoms with van der Waals surface area (Å²) in [7, 11) is 0. The first-order valence-electron chi connectivity index (χ1n) is 10.8. The normalized spacial score (nSPS) is 17.0. The average molecular weight is 433 g/mol. The van der Waals surface area contributed by atoms with Crippen LogP contribution < -0.4 is 5.32 Å². The van der Waals surface area contributed by atoms with Crippen molar-refractivity contribution in [1.29, 1.82) is 0 Å². The van der Waals surface area contributed by atoms with Crippen LogP contribution in [0.2, 0.25) is 0 Å². The van der Waals surface area contributed by atoms with E-state index in [0.717, 1.165) is 24.5 Å². The molecule has 0 saturated carbocycles. The Morgan fingerprint density at radius 2 is 2.03 bits per heavy atom. The highest BCUT2D eigenvalue weighted by Crippen LogP contribution is 2.35. The van der Waals surface area contributed by atoms with Gasteiger partial charge in [0.1, 0.15) is 11.6 Å². The first-order chi connectivity index (χ1) is 14.7. The number of nitrogens with zero attached hydrogens (tertiary/aromatic N) is 3. The number of carboxylic acid groups (broad SMARTS) is 1. The highest BCUT2D eigenvalue weighted by molar-refractivity contribution is 5.68. The summed E-state index contributed by atoms with van der Waals surface area (Å²) in [6.45, 7) is 4.79. The lowest BCUT2D eigenvalue weighted by molar-refractivity contribution is -0.138. The molecule has 8 heteroatoms. The Kier molecular flexibility index (Phi) is 7.51. The van der Waals surface area contributed by atoms with E-state index in [2.05, 4.69) is 33.3 Å². The van der Waals surface area contributed by atoms with Crippen LogP contribution in [-0.4, -0.2) is 38.5 Å². The smallest absolute Gasteiger partial charge is 0.303 e.